The molecule has 0 aromatic heterocycles. The fourth-order valence-electron chi connectivity index (χ4n) is 10.1. The standard InChI is InChI=1S/C71H133N2O7P/c1-7-10-13-16-19-22-25-28-30-32-33-34-35-36-37-38-39-41-42-45-48-51-54-57-60-63-70(74)72-68(67-79-81(76,77)78-66-65-73(4,5)6)69(62-59-56-53-50-47-44-27-24-21-18-15-12-9-3)80-71(75)64-61-58-55-52-49-46-43-40-31-29-26-23-20-17-14-11-8-2/h19,22,28-31,33-34,59,62,68-69H,7-18,20-21,23-27,32,35-58,60-61,63-67H2,1-6H3,(H-,72,74,76,77)/b22-19-,30-28-,31-29+,34-33-,62-59-. The number of carbonyl (C=O) groups excluding carboxylic acids is 2. The minimum atomic E-state index is -4.70. The van der Waals surface area contributed by atoms with E-state index in [1.165, 1.54) is 212 Å². The highest BCUT2D eigenvalue weighted by atomic mass is 31.2. The first-order valence-corrected chi connectivity index (χ1v) is 36.1. The Morgan fingerprint density at radius 2 is 0.753 bits per heavy atom. The predicted octanol–water partition coefficient (Wildman–Crippen LogP) is 21.2. The van der Waals surface area contributed by atoms with Crippen molar-refractivity contribution >= 4 is 19.7 Å². The molecule has 0 fully saturated rings. The molecule has 0 radical (unpaired) electrons. The van der Waals surface area contributed by atoms with E-state index in [1.807, 2.05) is 33.3 Å². The fourth-order valence-corrected chi connectivity index (χ4v) is 10.8. The number of allylic oxidation sites excluding steroid dienone is 9. The second kappa shape index (κ2) is 60.8. The zero-order valence-corrected chi connectivity index (χ0v) is 55.1. The molecular weight excluding hydrogens is 1020 g/mol. The summed E-state index contributed by atoms with van der Waals surface area (Å²) in [6.07, 6.45) is 77.6. The number of nitrogens with zero attached hydrogens (tertiary/aromatic N) is 1. The van der Waals surface area contributed by atoms with E-state index < -0.39 is 20.0 Å². The van der Waals surface area contributed by atoms with Gasteiger partial charge in [0.25, 0.3) is 7.82 Å². The number of amides is 1. The summed E-state index contributed by atoms with van der Waals surface area (Å²) in [5, 5.41) is 3.04. The van der Waals surface area contributed by atoms with Crippen LogP contribution in [0.4, 0.5) is 0 Å². The highest BCUT2D eigenvalue weighted by Gasteiger charge is 2.27. The van der Waals surface area contributed by atoms with Crippen LogP contribution in [0.2, 0.25) is 0 Å². The van der Waals surface area contributed by atoms with Crippen molar-refractivity contribution in [1.29, 1.82) is 0 Å². The van der Waals surface area contributed by atoms with Gasteiger partial charge in [0.2, 0.25) is 5.91 Å². The molecule has 1 amide bonds. The molecule has 474 valence electrons. The van der Waals surface area contributed by atoms with Gasteiger partial charge in [0.15, 0.2) is 0 Å². The number of ether oxygens (including phenoxy) is 1. The third-order valence-electron chi connectivity index (χ3n) is 15.4. The fraction of sp³-hybridized carbons (Fsp3) is 0.831. The van der Waals surface area contributed by atoms with Crippen LogP contribution in [0.3, 0.4) is 0 Å². The highest BCUT2D eigenvalue weighted by Crippen LogP contribution is 2.38. The third kappa shape index (κ3) is 62.1. The first-order valence-electron chi connectivity index (χ1n) is 34.6. The Morgan fingerprint density at radius 3 is 1.16 bits per heavy atom. The summed E-state index contributed by atoms with van der Waals surface area (Å²) in [6.45, 7) is 6.85. The molecule has 0 bridgehead atoms. The Labute approximate surface area is 502 Å². The maximum atomic E-state index is 13.6. The SMILES string of the molecule is CCCCC/C=C\C/C=C\C/C=C\CCCCCCCCCCCCCCC(=O)NC(COP(=O)([O-])OCC[N+](C)(C)C)C(/C=C\CCCCCCCCCCCCC)OC(=O)CCCCCCCCC/C=C/CCCCCCCC. The molecule has 10 heteroatoms. The number of esters is 1. The summed E-state index contributed by atoms with van der Waals surface area (Å²) in [4.78, 5) is 40.1. The quantitative estimate of drug-likeness (QED) is 0.0212. The van der Waals surface area contributed by atoms with Gasteiger partial charge in [-0.15, -0.1) is 0 Å². The van der Waals surface area contributed by atoms with Crippen LogP contribution in [0, 0.1) is 0 Å². The lowest BCUT2D eigenvalue weighted by Crippen LogP contribution is -2.47. The minimum Gasteiger partial charge on any atom is -0.756 e. The number of likely N-dealkylation sites (N-methyl/N-ethyl adjacent to an activating group) is 1. The number of phosphoric ester groups is 1. The molecule has 0 spiro atoms. The molecule has 3 unspecified atom stereocenters. The van der Waals surface area contributed by atoms with Crippen LogP contribution in [0.5, 0.6) is 0 Å². The number of hydrogen-bond donors (Lipinski definition) is 1. The van der Waals surface area contributed by atoms with E-state index in [9.17, 15) is 19.0 Å². The molecule has 0 saturated carbocycles. The van der Waals surface area contributed by atoms with Gasteiger partial charge in [-0.25, -0.2) is 0 Å². The van der Waals surface area contributed by atoms with Gasteiger partial charge in [0.05, 0.1) is 33.8 Å². The summed E-state index contributed by atoms with van der Waals surface area (Å²) < 4.78 is 30.4. The number of quaternary nitrogens is 1. The molecule has 9 nitrogen and oxygen atoms in total. The van der Waals surface area contributed by atoms with E-state index in [0.717, 1.165) is 83.5 Å². The van der Waals surface area contributed by atoms with E-state index >= 15 is 0 Å². The topological polar surface area (TPSA) is 114 Å². The van der Waals surface area contributed by atoms with Gasteiger partial charge in [-0.3, -0.25) is 14.2 Å². The van der Waals surface area contributed by atoms with E-state index in [0.29, 0.717) is 17.4 Å². The molecule has 0 aromatic rings. The minimum absolute atomic E-state index is 0.0234. The monoisotopic (exact) mass is 1160 g/mol. The van der Waals surface area contributed by atoms with Crippen molar-refractivity contribution < 1.29 is 37.3 Å². The zero-order chi connectivity index (χ0) is 59.3. The number of hydrogen-bond acceptors (Lipinski definition) is 7. The predicted molar refractivity (Wildman–Crippen MR) is 349 cm³/mol. The van der Waals surface area contributed by atoms with Gasteiger partial charge < -0.3 is 28.5 Å². The van der Waals surface area contributed by atoms with Gasteiger partial charge in [0, 0.05) is 12.8 Å². The van der Waals surface area contributed by atoms with E-state index in [2.05, 4.69) is 74.7 Å². The van der Waals surface area contributed by atoms with E-state index in [-0.39, 0.29) is 31.5 Å². The van der Waals surface area contributed by atoms with Crippen LogP contribution >= 0.6 is 7.82 Å². The van der Waals surface area contributed by atoms with Crippen molar-refractivity contribution in [2.24, 2.45) is 0 Å². The largest absolute Gasteiger partial charge is 0.756 e. The smallest absolute Gasteiger partial charge is 0.306 e. The third-order valence-corrected chi connectivity index (χ3v) is 16.4. The maximum absolute atomic E-state index is 13.6. The zero-order valence-electron chi connectivity index (χ0n) is 54.2. The summed E-state index contributed by atoms with van der Waals surface area (Å²) >= 11 is 0. The number of phosphoric acid groups is 1. The maximum Gasteiger partial charge on any atom is 0.306 e. The number of carbonyl (C=O) groups is 2. The lowest BCUT2D eigenvalue weighted by Gasteiger charge is -2.30. The Balaban J connectivity index is 5.12. The molecule has 81 heavy (non-hydrogen) atoms. The van der Waals surface area contributed by atoms with Crippen LogP contribution < -0.4 is 10.2 Å². The summed E-state index contributed by atoms with van der Waals surface area (Å²) in [6, 6.07) is -0.892. The first-order chi connectivity index (χ1) is 39.4. The molecule has 0 aliphatic heterocycles. The highest BCUT2D eigenvalue weighted by molar-refractivity contribution is 7.45. The Morgan fingerprint density at radius 1 is 0.432 bits per heavy atom. The van der Waals surface area contributed by atoms with E-state index in [4.69, 9.17) is 13.8 Å². The van der Waals surface area contributed by atoms with Crippen molar-refractivity contribution in [3.63, 3.8) is 0 Å². The average molecular weight is 1160 g/mol. The van der Waals surface area contributed by atoms with Crippen LogP contribution in [0.1, 0.15) is 329 Å². The van der Waals surface area contributed by atoms with Crippen molar-refractivity contribution in [2.75, 3.05) is 40.9 Å². The second-order valence-corrected chi connectivity index (χ2v) is 26.1. The summed E-state index contributed by atoms with van der Waals surface area (Å²) in [5.41, 5.74) is 0. The van der Waals surface area contributed by atoms with E-state index in [1.54, 1.807) is 0 Å². The van der Waals surface area contributed by atoms with Crippen LogP contribution in [-0.4, -0.2) is 69.4 Å². The van der Waals surface area contributed by atoms with Gasteiger partial charge in [-0.1, -0.05) is 281 Å². The number of rotatable bonds is 63. The van der Waals surface area contributed by atoms with Crippen molar-refractivity contribution in [3.8, 4) is 0 Å². The van der Waals surface area contributed by atoms with Crippen LogP contribution in [0.25, 0.3) is 0 Å². The molecule has 3 atom stereocenters. The number of unbranched alkanes of at least 4 members (excludes halogenated alkanes) is 39. The molecule has 0 aromatic carbocycles. The molecule has 0 rings (SSSR count). The Kier molecular flexibility index (Phi) is 59.1. The van der Waals surface area contributed by atoms with Crippen LogP contribution in [0.15, 0.2) is 60.8 Å². The lowest BCUT2D eigenvalue weighted by atomic mass is 10.0. The van der Waals surface area contributed by atoms with Crippen LogP contribution in [-0.2, 0) is 27.9 Å². The molecule has 1 N–H and O–H groups in total. The number of nitrogens with one attached hydrogen (secondary N) is 1. The van der Waals surface area contributed by atoms with Gasteiger partial charge >= 0.3 is 5.97 Å². The van der Waals surface area contributed by atoms with Crippen molar-refractivity contribution in [1.82, 2.24) is 5.32 Å². The summed E-state index contributed by atoms with van der Waals surface area (Å²) in [5.74, 6) is -0.537. The molecule has 0 heterocycles. The van der Waals surface area contributed by atoms with Gasteiger partial charge in [0.1, 0.15) is 19.3 Å². The molecular formula is C71H133N2O7P. The average Bonchev–Trinajstić information content (AvgIpc) is 3.44. The Hall–Kier alpha value is -2.29. The molecule has 0 aliphatic carbocycles. The van der Waals surface area contributed by atoms with Gasteiger partial charge in [-0.2, -0.15) is 0 Å². The normalized spacial score (nSPS) is 13.9. The van der Waals surface area contributed by atoms with Crippen molar-refractivity contribution in [3.05, 3.63) is 60.8 Å². The lowest BCUT2D eigenvalue weighted by molar-refractivity contribution is -0.870. The molecule has 0 saturated heterocycles. The first kappa shape index (κ1) is 78.7. The second-order valence-electron chi connectivity index (χ2n) is 24.7. The summed E-state index contributed by atoms with van der Waals surface area (Å²) in [7, 11) is 1.19. The molecule has 0 aliphatic rings. The van der Waals surface area contributed by atoms with Gasteiger partial charge in [-0.05, 0) is 96.0 Å². The van der Waals surface area contributed by atoms with Crippen molar-refractivity contribution in [2.45, 2.75) is 341 Å². The Bertz CT molecular complexity index is 1570.